The first kappa shape index (κ1) is 15.1. The number of hydrogen-bond donors (Lipinski definition) is 2. The third-order valence-electron chi connectivity index (χ3n) is 3.21. The molecule has 0 spiro atoms. The van der Waals surface area contributed by atoms with Gasteiger partial charge < -0.3 is 15.2 Å². The van der Waals surface area contributed by atoms with Gasteiger partial charge in [0.25, 0.3) is 0 Å². The van der Waals surface area contributed by atoms with Gasteiger partial charge in [-0.3, -0.25) is 0 Å². The molecule has 0 aromatic heterocycles. The lowest BCUT2D eigenvalue weighted by atomic mass is 10.1. The zero-order chi connectivity index (χ0) is 14.9. The summed E-state index contributed by atoms with van der Waals surface area (Å²) < 4.78 is 5.30. The van der Waals surface area contributed by atoms with Crippen LogP contribution in [0.2, 0.25) is 0 Å². The highest BCUT2D eigenvalue weighted by molar-refractivity contribution is 5.58. The molecule has 2 aromatic carbocycles. The SMILES string of the molecule is COc1ccccc1C=CCNc1ccc(CCO)cc1. The lowest BCUT2D eigenvalue weighted by Crippen LogP contribution is -1.98. The van der Waals surface area contributed by atoms with Crippen LogP contribution in [-0.2, 0) is 6.42 Å². The molecule has 0 atom stereocenters. The minimum absolute atomic E-state index is 0.189. The van der Waals surface area contributed by atoms with Crippen LogP contribution >= 0.6 is 0 Å². The molecule has 3 heteroatoms. The summed E-state index contributed by atoms with van der Waals surface area (Å²) in [5.74, 6) is 0.877. The molecule has 0 aliphatic rings. The van der Waals surface area contributed by atoms with E-state index in [1.54, 1.807) is 7.11 Å². The van der Waals surface area contributed by atoms with Gasteiger partial charge in [0.1, 0.15) is 5.75 Å². The van der Waals surface area contributed by atoms with Gasteiger partial charge >= 0.3 is 0 Å². The Morgan fingerprint density at radius 1 is 1.10 bits per heavy atom. The predicted octanol–water partition coefficient (Wildman–Crippen LogP) is 3.36. The first-order chi connectivity index (χ1) is 10.3. The number of ether oxygens (including phenoxy) is 1. The lowest BCUT2D eigenvalue weighted by Gasteiger charge is -2.06. The number of anilines is 1. The Morgan fingerprint density at radius 2 is 1.86 bits per heavy atom. The average Bonchev–Trinajstić information content (AvgIpc) is 2.54. The maximum atomic E-state index is 8.88. The van der Waals surface area contributed by atoms with E-state index in [1.807, 2.05) is 54.6 Å². The minimum Gasteiger partial charge on any atom is -0.496 e. The van der Waals surface area contributed by atoms with E-state index in [4.69, 9.17) is 9.84 Å². The number of para-hydroxylation sites is 1. The van der Waals surface area contributed by atoms with Crippen molar-refractivity contribution in [1.29, 1.82) is 0 Å². The molecule has 0 radical (unpaired) electrons. The number of aliphatic hydroxyl groups excluding tert-OH is 1. The molecule has 0 unspecified atom stereocenters. The first-order valence-corrected chi connectivity index (χ1v) is 7.06. The van der Waals surface area contributed by atoms with Crippen LogP contribution in [-0.4, -0.2) is 25.4 Å². The summed E-state index contributed by atoms with van der Waals surface area (Å²) >= 11 is 0. The van der Waals surface area contributed by atoms with Crippen molar-refractivity contribution in [3.63, 3.8) is 0 Å². The molecule has 2 N–H and O–H groups in total. The van der Waals surface area contributed by atoms with Gasteiger partial charge in [0.15, 0.2) is 0 Å². The Morgan fingerprint density at radius 3 is 2.57 bits per heavy atom. The first-order valence-electron chi connectivity index (χ1n) is 7.06. The Balaban J connectivity index is 1.87. The standard InChI is InChI=1S/C18H21NO2/c1-21-18-7-3-2-5-16(18)6-4-13-19-17-10-8-15(9-11-17)12-14-20/h2-11,19-20H,12-14H2,1H3. The van der Waals surface area contributed by atoms with Gasteiger partial charge in [-0.2, -0.15) is 0 Å². The van der Waals surface area contributed by atoms with Crippen molar-refractivity contribution in [3.05, 3.63) is 65.7 Å². The van der Waals surface area contributed by atoms with E-state index in [2.05, 4.69) is 11.4 Å². The summed E-state index contributed by atoms with van der Waals surface area (Å²) in [7, 11) is 1.68. The molecule has 0 bridgehead atoms. The van der Waals surface area contributed by atoms with Crippen molar-refractivity contribution in [2.45, 2.75) is 6.42 Å². The Hall–Kier alpha value is -2.26. The fourth-order valence-electron chi connectivity index (χ4n) is 2.09. The molecule has 0 aliphatic heterocycles. The maximum Gasteiger partial charge on any atom is 0.126 e. The number of hydrogen-bond acceptors (Lipinski definition) is 3. The van der Waals surface area contributed by atoms with E-state index >= 15 is 0 Å². The third-order valence-corrected chi connectivity index (χ3v) is 3.21. The summed E-state index contributed by atoms with van der Waals surface area (Å²) in [6.07, 6.45) is 4.82. The van der Waals surface area contributed by atoms with Crippen LogP contribution in [0.5, 0.6) is 5.75 Å². The maximum absolute atomic E-state index is 8.88. The highest BCUT2D eigenvalue weighted by Gasteiger charge is 1.96. The number of methoxy groups -OCH3 is 1. The van der Waals surface area contributed by atoms with Gasteiger partial charge in [0, 0.05) is 24.4 Å². The Labute approximate surface area is 125 Å². The monoisotopic (exact) mass is 283 g/mol. The Bertz CT molecular complexity index is 576. The van der Waals surface area contributed by atoms with Gasteiger partial charge in [-0.05, 0) is 30.2 Å². The van der Waals surface area contributed by atoms with Crippen molar-refractivity contribution in [1.82, 2.24) is 0 Å². The number of rotatable bonds is 7. The molecular weight excluding hydrogens is 262 g/mol. The third kappa shape index (κ3) is 4.65. The highest BCUT2D eigenvalue weighted by Crippen LogP contribution is 2.18. The van der Waals surface area contributed by atoms with Gasteiger partial charge in [0.05, 0.1) is 7.11 Å². The smallest absolute Gasteiger partial charge is 0.126 e. The fraction of sp³-hybridized carbons (Fsp3) is 0.222. The molecule has 2 rings (SSSR count). The molecule has 0 aliphatic carbocycles. The lowest BCUT2D eigenvalue weighted by molar-refractivity contribution is 0.299. The van der Waals surface area contributed by atoms with Gasteiger partial charge in [-0.25, -0.2) is 0 Å². The summed E-state index contributed by atoms with van der Waals surface area (Å²) in [5.41, 5.74) is 3.29. The largest absolute Gasteiger partial charge is 0.496 e. The van der Waals surface area contributed by atoms with Crippen LogP contribution in [0.1, 0.15) is 11.1 Å². The summed E-state index contributed by atoms with van der Waals surface area (Å²) in [4.78, 5) is 0. The van der Waals surface area contributed by atoms with Crippen LogP contribution in [0.4, 0.5) is 5.69 Å². The van der Waals surface area contributed by atoms with Crippen molar-refractivity contribution < 1.29 is 9.84 Å². The van der Waals surface area contributed by atoms with Crippen LogP contribution in [0.3, 0.4) is 0 Å². The summed E-state index contributed by atoms with van der Waals surface area (Å²) in [6.45, 7) is 0.936. The summed E-state index contributed by atoms with van der Waals surface area (Å²) in [5, 5.41) is 12.2. The van der Waals surface area contributed by atoms with Crippen LogP contribution in [0.25, 0.3) is 6.08 Å². The molecule has 0 fully saturated rings. The van der Waals surface area contributed by atoms with Gasteiger partial charge in [-0.15, -0.1) is 0 Å². The van der Waals surface area contributed by atoms with E-state index in [-0.39, 0.29) is 6.61 Å². The average molecular weight is 283 g/mol. The zero-order valence-corrected chi connectivity index (χ0v) is 12.3. The van der Waals surface area contributed by atoms with Gasteiger partial charge in [-0.1, -0.05) is 42.5 Å². The van der Waals surface area contributed by atoms with Crippen molar-refractivity contribution in [2.75, 3.05) is 25.6 Å². The van der Waals surface area contributed by atoms with Crippen molar-refractivity contribution >= 4 is 11.8 Å². The van der Waals surface area contributed by atoms with Crippen LogP contribution < -0.4 is 10.1 Å². The Kier molecular flexibility index (Phi) is 5.85. The summed E-state index contributed by atoms with van der Waals surface area (Å²) in [6, 6.07) is 16.1. The quantitative estimate of drug-likeness (QED) is 0.818. The fourth-order valence-corrected chi connectivity index (χ4v) is 2.09. The number of nitrogens with one attached hydrogen (secondary N) is 1. The number of aliphatic hydroxyl groups is 1. The minimum atomic E-state index is 0.189. The predicted molar refractivity (Wildman–Crippen MR) is 87.7 cm³/mol. The zero-order valence-electron chi connectivity index (χ0n) is 12.3. The van der Waals surface area contributed by atoms with E-state index in [1.165, 1.54) is 0 Å². The molecule has 21 heavy (non-hydrogen) atoms. The highest BCUT2D eigenvalue weighted by atomic mass is 16.5. The van der Waals surface area contributed by atoms with E-state index in [0.29, 0.717) is 6.42 Å². The molecule has 0 saturated carbocycles. The van der Waals surface area contributed by atoms with E-state index < -0.39 is 0 Å². The normalized spacial score (nSPS) is 10.8. The number of benzene rings is 2. The molecule has 2 aromatic rings. The molecule has 110 valence electrons. The van der Waals surface area contributed by atoms with Crippen LogP contribution in [0, 0.1) is 0 Å². The molecular formula is C18H21NO2. The molecule has 0 amide bonds. The van der Waals surface area contributed by atoms with Gasteiger partial charge in [0.2, 0.25) is 0 Å². The second-order valence-corrected chi connectivity index (χ2v) is 4.70. The topological polar surface area (TPSA) is 41.5 Å². The van der Waals surface area contributed by atoms with E-state index in [9.17, 15) is 0 Å². The second kappa shape index (κ2) is 8.12. The van der Waals surface area contributed by atoms with Crippen molar-refractivity contribution in [2.24, 2.45) is 0 Å². The second-order valence-electron chi connectivity index (χ2n) is 4.70. The molecule has 0 heterocycles. The van der Waals surface area contributed by atoms with Crippen molar-refractivity contribution in [3.8, 4) is 5.75 Å². The van der Waals surface area contributed by atoms with Crippen LogP contribution in [0.15, 0.2) is 54.6 Å². The van der Waals surface area contributed by atoms with E-state index in [0.717, 1.165) is 29.1 Å². The molecule has 3 nitrogen and oxygen atoms in total. The molecule has 0 saturated heterocycles.